The Bertz CT molecular complexity index is 594. The molecule has 0 aromatic heterocycles. The van der Waals surface area contributed by atoms with Crippen LogP contribution >= 0.6 is 0 Å². The van der Waals surface area contributed by atoms with Crippen molar-refractivity contribution < 1.29 is 18.8 Å². The summed E-state index contributed by atoms with van der Waals surface area (Å²) in [6.45, 7) is 15.5. The van der Waals surface area contributed by atoms with Gasteiger partial charge in [-0.2, -0.15) is 0 Å². The van der Waals surface area contributed by atoms with Crippen LogP contribution in [0.25, 0.3) is 0 Å². The molecule has 1 aromatic rings. The van der Waals surface area contributed by atoms with Crippen molar-refractivity contribution in [2.75, 3.05) is 19.8 Å². The lowest BCUT2D eigenvalue weighted by Crippen LogP contribution is -2.40. The number of ether oxygens (including phenoxy) is 3. The second-order valence-electron chi connectivity index (χ2n) is 7.45. The van der Waals surface area contributed by atoms with E-state index >= 15 is 0 Å². The molecule has 142 valence electrons. The molecule has 1 saturated heterocycles. The molecule has 6 heteroatoms. The molecule has 1 fully saturated rings. The van der Waals surface area contributed by atoms with Crippen molar-refractivity contribution in [3.63, 3.8) is 0 Å². The van der Waals surface area contributed by atoms with Gasteiger partial charge >= 0.3 is 0 Å². The van der Waals surface area contributed by atoms with Gasteiger partial charge < -0.3 is 18.8 Å². The van der Waals surface area contributed by atoms with Crippen LogP contribution in [0.4, 0.5) is 0 Å². The molecule has 2 rings (SSSR count). The van der Waals surface area contributed by atoms with Crippen molar-refractivity contribution in [2.24, 2.45) is 0 Å². The molecule has 1 aliphatic heterocycles. The standard InChI is InChI=1S/C19H31NO4S/c1-8-22-17-13(2)15(14(3)20-25(21)18(4,5)6)9-10-16(17)19(7)23-11-12-24-19/h9-10,14,20H,8,11-12H2,1-7H3/t14-,25?/m1/s1. The Labute approximate surface area is 154 Å². The highest BCUT2D eigenvalue weighted by Gasteiger charge is 2.37. The topological polar surface area (TPSA) is 62.8 Å². The van der Waals surface area contributed by atoms with E-state index in [1.54, 1.807) is 0 Å². The lowest BCUT2D eigenvalue weighted by molar-refractivity contribution is -0.150. The van der Waals surface area contributed by atoms with Gasteiger partial charge in [0, 0.05) is 11.4 Å². The minimum atomic E-state index is -1.14. The van der Waals surface area contributed by atoms with Gasteiger partial charge in [-0.25, -0.2) is 0 Å². The Morgan fingerprint density at radius 1 is 1.32 bits per heavy atom. The highest BCUT2D eigenvalue weighted by Crippen LogP contribution is 2.41. The summed E-state index contributed by atoms with van der Waals surface area (Å²) in [7, 11) is 0. The van der Waals surface area contributed by atoms with Crippen molar-refractivity contribution in [3.8, 4) is 5.75 Å². The fourth-order valence-electron chi connectivity index (χ4n) is 2.93. The molecule has 1 unspecified atom stereocenters. The van der Waals surface area contributed by atoms with Crippen LogP contribution in [0, 0.1) is 6.92 Å². The van der Waals surface area contributed by atoms with Crippen LogP contribution < -0.4 is 9.46 Å². The first-order valence-electron chi connectivity index (χ1n) is 8.83. The smallest absolute Gasteiger partial charge is 0.195 e. The van der Waals surface area contributed by atoms with Gasteiger partial charge in [-0.15, -0.1) is 4.72 Å². The fraction of sp³-hybridized carbons (Fsp3) is 0.684. The minimum absolute atomic E-state index is 0.0634. The van der Waals surface area contributed by atoms with Crippen molar-refractivity contribution in [1.82, 2.24) is 4.72 Å². The van der Waals surface area contributed by atoms with E-state index < -0.39 is 17.1 Å². The lowest BCUT2D eigenvalue weighted by Gasteiger charge is -2.30. The van der Waals surface area contributed by atoms with Gasteiger partial charge in [0.1, 0.15) is 10.5 Å². The molecule has 2 atom stereocenters. The average Bonchev–Trinajstić information content (AvgIpc) is 2.96. The summed E-state index contributed by atoms with van der Waals surface area (Å²) in [5.41, 5.74) is 2.98. The molecule has 1 aromatic carbocycles. The van der Waals surface area contributed by atoms with Gasteiger partial charge in [-0.3, -0.25) is 0 Å². The van der Waals surface area contributed by atoms with E-state index in [-0.39, 0.29) is 10.8 Å². The summed E-state index contributed by atoms with van der Waals surface area (Å²) in [6, 6.07) is 3.98. The highest BCUT2D eigenvalue weighted by atomic mass is 32.2. The van der Waals surface area contributed by atoms with Crippen LogP contribution in [-0.2, 0) is 26.6 Å². The third-order valence-corrected chi connectivity index (χ3v) is 6.05. The molecule has 1 aliphatic rings. The fourth-order valence-corrected chi connectivity index (χ4v) is 3.74. The van der Waals surface area contributed by atoms with Gasteiger partial charge in [-0.05, 0) is 65.7 Å². The third-order valence-electron chi connectivity index (χ3n) is 4.37. The molecule has 0 amide bonds. The average molecular weight is 370 g/mol. The molecule has 1 N–H and O–H groups in total. The zero-order valence-electron chi connectivity index (χ0n) is 16.4. The Morgan fingerprint density at radius 3 is 2.44 bits per heavy atom. The van der Waals surface area contributed by atoms with Crippen LogP contribution in [-0.4, -0.2) is 29.1 Å². The molecule has 0 saturated carbocycles. The molecule has 25 heavy (non-hydrogen) atoms. The number of nitrogens with one attached hydrogen (secondary N) is 1. The zero-order chi connectivity index (χ0) is 18.8. The molecular weight excluding hydrogens is 338 g/mol. The van der Waals surface area contributed by atoms with Crippen molar-refractivity contribution in [1.29, 1.82) is 0 Å². The second kappa shape index (κ2) is 7.84. The summed E-state index contributed by atoms with van der Waals surface area (Å²) in [5, 5.41) is 0. The van der Waals surface area contributed by atoms with Crippen LogP contribution in [0.2, 0.25) is 0 Å². The number of rotatable bonds is 6. The molecule has 0 bridgehead atoms. The maximum absolute atomic E-state index is 12.4. The third kappa shape index (κ3) is 4.49. The van der Waals surface area contributed by atoms with Crippen molar-refractivity contribution in [3.05, 3.63) is 28.8 Å². The second-order valence-corrected chi connectivity index (χ2v) is 9.45. The summed E-state index contributed by atoms with van der Waals surface area (Å²) >= 11 is -1.14. The van der Waals surface area contributed by atoms with Crippen LogP contribution in [0.3, 0.4) is 0 Å². The number of hydrogen-bond donors (Lipinski definition) is 1. The minimum Gasteiger partial charge on any atom is -0.598 e. The van der Waals surface area contributed by atoms with E-state index in [0.29, 0.717) is 19.8 Å². The first kappa shape index (κ1) is 20.5. The molecule has 0 spiro atoms. The zero-order valence-corrected chi connectivity index (χ0v) is 17.2. The van der Waals surface area contributed by atoms with Gasteiger partial charge in [0.25, 0.3) is 0 Å². The highest BCUT2D eigenvalue weighted by molar-refractivity contribution is 7.90. The first-order valence-corrected chi connectivity index (χ1v) is 9.98. The Hall–Kier alpha value is -0.790. The van der Waals surface area contributed by atoms with Gasteiger partial charge in [0.2, 0.25) is 0 Å². The van der Waals surface area contributed by atoms with Gasteiger partial charge in [-0.1, -0.05) is 6.07 Å². The monoisotopic (exact) mass is 369 g/mol. The number of hydrogen-bond acceptors (Lipinski definition) is 5. The van der Waals surface area contributed by atoms with E-state index in [2.05, 4.69) is 4.72 Å². The summed E-state index contributed by atoms with van der Waals surface area (Å²) < 4.78 is 32.9. The Morgan fingerprint density at radius 2 is 1.92 bits per heavy atom. The van der Waals surface area contributed by atoms with Gasteiger partial charge in [0.05, 0.1) is 31.4 Å². The van der Waals surface area contributed by atoms with Crippen LogP contribution in [0.15, 0.2) is 12.1 Å². The largest absolute Gasteiger partial charge is 0.598 e. The maximum Gasteiger partial charge on any atom is 0.195 e. The Balaban J connectivity index is 2.36. The quantitative estimate of drug-likeness (QED) is 0.774. The Kier molecular flexibility index (Phi) is 6.44. The summed E-state index contributed by atoms with van der Waals surface area (Å²) in [5.74, 6) is 0.0122. The molecule has 1 heterocycles. The maximum atomic E-state index is 12.4. The molecule has 5 nitrogen and oxygen atoms in total. The predicted molar refractivity (Wildman–Crippen MR) is 101 cm³/mol. The number of benzene rings is 1. The predicted octanol–water partition coefficient (Wildman–Crippen LogP) is 3.73. The van der Waals surface area contributed by atoms with Crippen molar-refractivity contribution in [2.45, 2.75) is 65.0 Å². The normalized spacial score (nSPS) is 19.7. The summed E-state index contributed by atoms with van der Waals surface area (Å²) in [4.78, 5) is 0. The van der Waals surface area contributed by atoms with E-state index in [1.165, 1.54) is 0 Å². The SMILES string of the molecule is CCOc1c(C2(C)OCCO2)ccc([C@@H](C)N[S+]([O-])C(C)(C)C)c1C. The van der Waals surface area contributed by atoms with Gasteiger partial charge in [0.15, 0.2) is 5.79 Å². The summed E-state index contributed by atoms with van der Waals surface area (Å²) in [6.07, 6.45) is 0. The molecule has 0 radical (unpaired) electrons. The van der Waals surface area contributed by atoms with E-state index in [0.717, 1.165) is 22.4 Å². The lowest BCUT2D eigenvalue weighted by atomic mass is 9.95. The van der Waals surface area contributed by atoms with E-state index in [9.17, 15) is 4.55 Å². The van der Waals surface area contributed by atoms with Crippen LogP contribution in [0.1, 0.15) is 64.3 Å². The first-order chi connectivity index (χ1) is 11.6. The van der Waals surface area contributed by atoms with E-state index in [1.807, 2.05) is 60.6 Å². The molecule has 0 aliphatic carbocycles. The van der Waals surface area contributed by atoms with Crippen molar-refractivity contribution >= 4 is 11.4 Å². The van der Waals surface area contributed by atoms with E-state index in [4.69, 9.17) is 14.2 Å². The van der Waals surface area contributed by atoms with Crippen LogP contribution in [0.5, 0.6) is 5.75 Å². The molecular formula is C19H31NO4S.